The third kappa shape index (κ3) is 2.98. The average Bonchev–Trinajstić information content (AvgIpc) is 2.16. The van der Waals surface area contributed by atoms with Gasteiger partial charge in [0.05, 0.1) is 0 Å². The number of benzene rings is 1. The number of hydrogen-bond acceptors (Lipinski definition) is 1. The third-order valence-electron chi connectivity index (χ3n) is 1.86. The van der Waals surface area contributed by atoms with Crippen LogP contribution in [-0.4, -0.2) is 6.54 Å². The van der Waals surface area contributed by atoms with Crippen LogP contribution in [0.4, 0.5) is 4.39 Å². The van der Waals surface area contributed by atoms with E-state index in [9.17, 15) is 4.39 Å². The second-order valence-electron chi connectivity index (χ2n) is 2.71. The van der Waals surface area contributed by atoms with Gasteiger partial charge in [-0.2, -0.15) is 0 Å². The lowest BCUT2D eigenvalue weighted by atomic mass is 10.1. The quantitative estimate of drug-likeness (QED) is 0.836. The van der Waals surface area contributed by atoms with Gasteiger partial charge in [-0.1, -0.05) is 29.8 Å². The van der Waals surface area contributed by atoms with Crippen molar-refractivity contribution in [1.29, 1.82) is 0 Å². The molecule has 0 radical (unpaired) electrons. The maximum atomic E-state index is 13.1. The molecule has 2 N–H and O–H groups in total. The van der Waals surface area contributed by atoms with E-state index in [-0.39, 0.29) is 24.8 Å². The van der Waals surface area contributed by atoms with Crippen LogP contribution >= 0.6 is 24.0 Å². The molecular weight excluding hydrogens is 224 g/mol. The highest BCUT2D eigenvalue weighted by Gasteiger charge is 2.05. The van der Waals surface area contributed by atoms with Gasteiger partial charge in [-0.25, -0.2) is 4.39 Å². The largest absolute Gasteiger partial charge is 0.325 e. The third-order valence-corrected chi connectivity index (χ3v) is 2.19. The summed E-state index contributed by atoms with van der Waals surface area (Å²) in [5.41, 5.74) is 6.39. The van der Waals surface area contributed by atoms with Crippen molar-refractivity contribution in [2.75, 3.05) is 6.54 Å². The molecule has 1 nitrogen and oxygen atoms in total. The molecule has 0 fully saturated rings. The molecule has 1 rings (SSSR count). The second-order valence-corrected chi connectivity index (χ2v) is 3.12. The molecule has 0 aliphatic rings. The minimum Gasteiger partial charge on any atom is -0.325 e. The molecule has 0 atom stereocenters. The molecule has 0 aromatic heterocycles. The highest BCUT2D eigenvalue weighted by molar-refractivity contribution is 6.32. The van der Waals surface area contributed by atoms with E-state index in [1.54, 1.807) is 25.1 Å². The van der Waals surface area contributed by atoms with Crippen molar-refractivity contribution in [2.45, 2.75) is 6.92 Å². The Morgan fingerprint density at radius 2 is 2.00 bits per heavy atom. The SMILES string of the molecule is CC(=C(F)CN)c1ccccc1Cl.Cl. The van der Waals surface area contributed by atoms with Gasteiger partial charge >= 0.3 is 0 Å². The number of halogens is 3. The van der Waals surface area contributed by atoms with Crippen LogP contribution in [0.3, 0.4) is 0 Å². The van der Waals surface area contributed by atoms with Crippen molar-refractivity contribution in [3.63, 3.8) is 0 Å². The standard InChI is InChI=1S/C10H11ClFN.ClH/c1-7(10(12)6-13)8-4-2-3-5-9(8)11;/h2-5H,6,13H2,1H3;1H. The highest BCUT2D eigenvalue weighted by atomic mass is 35.5. The first kappa shape index (κ1) is 13.4. The summed E-state index contributed by atoms with van der Waals surface area (Å²) in [7, 11) is 0. The molecule has 1 aromatic rings. The zero-order valence-corrected chi connectivity index (χ0v) is 9.33. The van der Waals surface area contributed by atoms with E-state index in [2.05, 4.69) is 0 Å². The summed E-state index contributed by atoms with van der Waals surface area (Å²) >= 11 is 5.88. The van der Waals surface area contributed by atoms with Crippen molar-refractivity contribution in [2.24, 2.45) is 5.73 Å². The molecule has 0 saturated carbocycles. The zero-order valence-electron chi connectivity index (χ0n) is 7.76. The minimum atomic E-state index is -0.326. The van der Waals surface area contributed by atoms with Gasteiger partial charge in [0.1, 0.15) is 5.83 Å². The Bertz CT molecular complexity index is 337. The van der Waals surface area contributed by atoms with Crippen molar-refractivity contribution < 1.29 is 4.39 Å². The highest BCUT2D eigenvalue weighted by Crippen LogP contribution is 2.25. The first-order chi connectivity index (χ1) is 6.16. The van der Waals surface area contributed by atoms with Gasteiger partial charge < -0.3 is 5.73 Å². The number of nitrogens with two attached hydrogens (primary N) is 1. The van der Waals surface area contributed by atoms with Crippen LogP contribution in [0.15, 0.2) is 30.1 Å². The summed E-state index contributed by atoms with van der Waals surface area (Å²) in [4.78, 5) is 0. The van der Waals surface area contributed by atoms with E-state index in [0.717, 1.165) is 0 Å². The monoisotopic (exact) mass is 235 g/mol. The summed E-state index contributed by atoms with van der Waals surface area (Å²) in [6.45, 7) is 1.58. The van der Waals surface area contributed by atoms with Crippen LogP contribution in [0.5, 0.6) is 0 Å². The Labute approximate surface area is 94.2 Å². The van der Waals surface area contributed by atoms with Crippen LogP contribution in [0, 0.1) is 0 Å². The van der Waals surface area contributed by atoms with Gasteiger partial charge in [-0.05, 0) is 24.1 Å². The van der Waals surface area contributed by atoms with Crippen LogP contribution in [0.2, 0.25) is 5.02 Å². The summed E-state index contributed by atoms with van der Waals surface area (Å²) in [6.07, 6.45) is 0. The van der Waals surface area contributed by atoms with Gasteiger partial charge in [0.15, 0.2) is 0 Å². The zero-order chi connectivity index (χ0) is 9.84. The molecule has 0 aliphatic heterocycles. The van der Waals surface area contributed by atoms with Gasteiger partial charge in [-0.15, -0.1) is 12.4 Å². The Kier molecular flexibility index (Phi) is 5.77. The molecule has 0 amide bonds. The first-order valence-corrected chi connectivity index (χ1v) is 4.35. The molecule has 0 aliphatic carbocycles. The van der Waals surface area contributed by atoms with Crippen molar-refractivity contribution in [3.8, 4) is 0 Å². The summed E-state index contributed by atoms with van der Waals surface area (Å²) in [6, 6.07) is 7.12. The predicted octanol–water partition coefficient (Wildman–Crippen LogP) is 3.42. The molecular formula is C10H12Cl2FN. The fraction of sp³-hybridized carbons (Fsp3) is 0.200. The smallest absolute Gasteiger partial charge is 0.117 e. The predicted molar refractivity (Wildman–Crippen MR) is 61.5 cm³/mol. The molecule has 0 saturated heterocycles. The van der Waals surface area contributed by atoms with Gasteiger partial charge in [0.2, 0.25) is 0 Å². The minimum absolute atomic E-state index is 0. The normalized spacial score (nSPS) is 11.7. The molecule has 0 spiro atoms. The lowest BCUT2D eigenvalue weighted by molar-refractivity contribution is 0.621. The fourth-order valence-corrected chi connectivity index (χ4v) is 1.34. The lowest BCUT2D eigenvalue weighted by Gasteiger charge is -2.04. The van der Waals surface area contributed by atoms with Crippen molar-refractivity contribution >= 4 is 29.6 Å². The summed E-state index contributed by atoms with van der Waals surface area (Å²) < 4.78 is 13.1. The molecule has 14 heavy (non-hydrogen) atoms. The molecule has 0 heterocycles. The van der Waals surface area contributed by atoms with E-state index >= 15 is 0 Å². The van der Waals surface area contributed by atoms with Crippen LogP contribution < -0.4 is 5.73 Å². The van der Waals surface area contributed by atoms with Gasteiger partial charge in [0, 0.05) is 11.6 Å². The van der Waals surface area contributed by atoms with E-state index in [4.69, 9.17) is 17.3 Å². The summed E-state index contributed by atoms with van der Waals surface area (Å²) in [5.74, 6) is -0.326. The van der Waals surface area contributed by atoms with E-state index in [1.165, 1.54) is 0 Å². The maximum Gasteiger partial charge on any atom is 0.117 e. The molecule has 78 valence electrons. The van der Waals surface area contributed by atoms with E-state index in [1.807, 2.05) is 6.07 Å². The Morgan fingerprint density at radius 1 is 1.43 bits per heavy atom. The van der Waals surface area contributed by atoms with Crippen LogP contribution in [0.25, 0.3) is 5.57 Å². The molecule has 0 unspecified atom stereocenters. The molecule has 0 bridgehead atoms. The topological polar surface area (TPSA) is 26.0 Å². The molecule has 4 heteroatoms. The Hall–Kier alpha value is -0.570. The van der Waals surface area contributed by atoms with Gasteiger partial charge in [-0.3, -0.25) is 0 Å². The second kappa shape index (κ2) is 6.02. The number of allylic oxidation sites excluding steroid dienone is 1. The lowest BCUT2D eigenvalue weighted by Crippen LogP contribution is -2.01. The fourth-order valence-electron chi connectivity index (χ4n) is 1.06. The van der Waals surface area contributed by atoms with Crippen molar-refractivity contribution in [3.05, 3.63) is 40.7 Å². The van der Waals surface area contributed by atoms with Gasteiger partial charge in [0.25, 0.3) is 0 Å². The first-order valence-electron chi connectivity index (χ1n) is 3.97. The summed E-state index contributed by atoms with van der Waals surface area (Å²) in [5, 5.41) is 0.545. The number of rotatable bonds is 2. The van der Waals surface area contributed by atoms with Crippen LogP contribution in [0.1, 0.15) is 12.5 Å². The molecule has 1 aromatic carbocycles. The van der Waals surface area contributed by atoms with E-state index in [0.29, 0.717) is 16.2 Å². The van der Waals surface area contributed by atoms with E-state index < -0.39 is 0 Å². The Balaban J connectivity index is 0.00000169. The van der Waals surface area contributed by atoms with Crippen molar-refractivity contribution in [1.82, 2.24) is 0 Å². The maximum absolute atomic E-state index is 13.1. The Morgan fingerprint density at radius 3 is 2.50 bits per heavy atom. The van der Waals surface area contributed by atoms with Crippen LogP contribution in [-0.2, 0) is 0 Å². The number of hydrogen-bond donors (Lipinski definition) is 1. The average molecular weight is 236 g/mol.